The predicted molar refractivity (Wildman–Crippen MR) is 79.9 cm³/mol. The summed E-state index contributed by atoms with van der Waals surface area (Å²) in [5, 5.41) is 12.6. The Morgan fingerprint density at radius 1 is 1.24 bits per heavy atom. The first-order valence-electron chi connectivity index (χ1n) is 7.89. The minimum absolute atomic E-state index is 0.0538. The summed E-state index contributed by atoms with van der Waals surface area (Å²) in [4.78, 5) is 12.2. The number of aliphatic hydroxyl groups is 1. The van der Waals surface area contributed by atoms with Crippen LogP contribution in [0.2, 0.25) is 0 Å². The summed E-state index contributed by atoms with van der Waals surface area (Å²) in [5.74, 6) is 0.0538. The molecule has 3 rings (SSSR count). The van der Waals surface area contributed by atoms with Crippen molar-refractivity contribution in [2.24, 2.45) is 0 Å². The minimum atomic E-state index is -0.188. The van der Waals surface area contributed by atoms with E-state index in [9.17, 15) is 9.90 Å². The van der Waals surface area contributed by atoms with Crippen LogP contribution in [0.5, 0.6) is 0 Å². The van der Waals surface area contributed by atoms with Gasteiger partial charge in [0, 0.05) is 6.04 Å². The van der Waals surface area contributed by atoms with Gasteiger partial charge in [0.2, 0.25) is 5.91 Å². The van der Waals surface area contributed by atoms with Crippen LogP contribution in [-0.4, -0.2) is 29.8 Å². The van der Waals surface area contributed by atoms with Gasteiger partial charge < -0.3 is 15.2 Å². The molecule has 0 spiro atoms. The highest BCUT2D eigenvalue weighted by Crippen LogP contribution is 2.29. The normalized spacial score (nSPS) is 28.7. The average molecular weight is 289 g/mol. The van der Waals surface area contributed by atoms with Crippen molar-refractivity contribution in [3.05, 3.63) is 35.4 Å². The lowest BCUT2D eigenvalue weighted by molar-refractivity contribution is -0.125. The van der Waals surface area contributed by atoms with E-state index in [1.54, 1.807) is 0 Å². The van der Waals surface area contributed by atoms with Crippen molar-refractivity contribution in [1.82, 2.24) is 5.32 Å². The number of nitrogens with one attached hydrogen (secondary N) is 1. The molecule has 1 fully saturated rings. The Bertz CT molecular complexity index is 495. The molecule has 0 radical (unpaired) electrons. The molecule has 4 nitrogen and oxygen atoms in total. The Kier molecular flexibility index (Phi) is 4.56. The molecule has 1 heterocycles. The standard InChI is InChI=1S/C17H23NO3/c19-14-7-5-13(6-8-14)18-17(20)11-16-15-4-2-1-3-12(15)9-10-21-16/h1-4,13-14,16,19H,5-11H2,(H,18,20). The van der Waals surface area contributed by atoms with Gasteiger partial charge in [-0.25, -0.2) is 0 Å². The highest BCUT2D eigenvalue weighted by molar-refractivity contribution is 5.77. The fraction of sp³-hybridized carbons (Fsp3) is 0.588. The SMILES string of the molecule is O=C(CC1OCCc2ccccc21)NC1CCC(O)CC1. The maximum atomic E-state index is 12.2. The minimum Gasteiger partial charge on any atom is -0.393 e. The summed E-state index contributed by atoms with van der Waals surface area (Å²) in [7, 11) is 0. The van der Waals surface area contributed by atoms with Gasteiger partial charge in [0.25, 0.3) is 0 Å². The molecule has 1 amide bonds. The quantitative estimate of drug-likeness (QED) is 0.896. The van der Waals surface area contributed by atoms with Crippen molar-refractivity contribution in [3.8, 4) is 0 Å². The summed E-state index contributed by atoms with van der Waals surface area (Å²) in [5.41, 5.74) is 2.44. The molecule has 1 unspecified atom stereocenters. The fourth-order valence-corrected chi connectivity index (χ4v) is 3.32. The van der Waals surface area contributed by atoms with Crippen molar-refractivity contribution >= 4 is 5.91 Å². The van der Waals surface area contributed by atoms with Crippen molar-refractivity contribution in [1.29, 1.82) is 0 Å². The first kappa shape index (κ1) is 14.5. The lowest BCUT2D eigenvalue weighted by Gasteiger charge is -2.28. The van der Waals surface area contributed by atoms with Gasteiger partial charge in [-0.3, -0.25) is 4.79 Å². The van der Waals surface area contributed by atoms with Gasteiger partial charge in [0.15, 0.2) is 0 Å². The van der Waals surface area contributed by atoms with E-state index in [2.05, 4.69) is 17.4 Å². The van der Waals surface area contributed by atoms with E-state index in [0.29, 0.717) is 13.0 Å². The molecule has 0 saturated heterocycles. The van der Waals surface area contributed by atoms with Crippen LogP contribution in [0.25, 0.3) is 0 Å². The summed E-state index contributed by atoms with van der Waals surface area (Å²) in [6, 6.07) is 8.42. The number of amides is 1. The van der Waals surface area contributed by atoms with E-state index >= 15 is 0 Å². The molecule has 1 aliphatic carbocycles. The number of ether oxygens (including phenoxy) is 1. The first-order chi connectivity index (χ1) is 10.2. The molecule has 2 N–H and O–H groups in total. The topological polar surface area (TPSA) is 58.6 Å². The van der Waals surface area contributed by atoms with Gasteiger partial charge in [-0.05, 0) is 43.2 Å². The maximum Gasteiger partial charge on any atom is 0.223 e. The van der Waals surface area contributed by atoms with E-state index in [1.807, 2.05) is 12.1 Å². The second kappa shape index (κ2) is 6.58. The summed E-state index contributed by atoms with van der Waals surface area (Å²) < 4.78 is 5.78. The Labute approximate surface area is 125 Å². The predicted octanol–water partition coefficient (Wildman–Crippen LogP) is 2.11. The summed E-state index contributed by atoms with van der Waals surface area (Å²) in [6.07, 6.45) is 4.31. The highest BCUT2D eigenvalue weighted by atomic mass is 16.5. The zero-order valence-corrected chi connectivity index (χ0v) is 12.3. The first-order valence-corrected chi connectivity index (χ1v) is 7.89. The van der Waals surface area contributed by atoms with Crippen LogP contribution in [0, 0.1) is 0 Å². The summed E-state index contributed by atoms with van der Waals surface area (Å²) in [6.45, 7) is 0.685. The largest absolute Gasteiger partial charge is 0.393 e. The van der Waals surface area contributed by atoms with E-state index in [4.69, 9.17) is 4.74 Å². The van der Waals surface area contributed by atoms with Gasteiger partial charge >= 0.3 is 0 Å². The smallest absolute Gasteiger partial charge is 0.223 e. The third-order valence-corrected chi connectivity index (χ3v) is 4.53. The third kappa shape index (κ3) is 3.63. The molecule has 1 saturated carbocycles. The van der Waals surface area contributed by atoms with Crippen LogP contribution in [0.4, 0.5) is 0 Å². The zero-order chi connectivity index (χ0) is 14.7. The van der Waals surface area contributed by atoms with Crippen molar-refractivity contribution in [3.63, 3.8) is 0 Å². The number of fused-ring (bicyclic) bond motifs is 1. The van der Waals surface area contributed by atoms with Gasteiger partial charge in [-0.2, -0.15) is 0 Å². The van der Waals surface area contributed by atoms with Crippen LogP contribution >= 0.6 is 0 Å². The van der Waals surface area contributed by atoms with Gasteiger partial charge in [-0.1, -0.05) is 24.3 Å². The van der Waals surface area contributed by atoms with E-state index in [-0.39, 0.29) is 24.2 Å². The molecule has 1 aromatic rings. The number of hydrogen-bond donors (Lipinski definition) is 2. The average Bonchev–Trinajstić information content (AvgIpc) is 2.50. The Morgan fingerprint density at radius 3 is 2.81 bits per heavy atom. The molecule has 1 aromatic carbocycles. The molecule has 0 aromatic heterocycles. The molecule has 21 heavy (non-hydrogen) atoms. The molecule has 0 bridgehead atoms. The van der Waals surface area contributed by atoms with Gasteiger partial charge in [0.1, 0.15) is 0 Å². The zero-order valence-electron chi connectivity index (χ0n) is 12.3. The van der Waals surface area contributed by atoms with E-state index < -0.39 is 0 Å². The van der Waals surface area contributed by atoms with Crippen LogP contribution in [0.3, 0.4) is 0 Å². The Balaban J connectivity index is 1.56. The molecule has 1 aliphatic heterocycles. The number of rotatable bonds is 3. The molecule has 1 atom stereocenters. The number of hydrogen-bond acceptors (Lipinski definition) is 3. The molecule has 2 aliphatic rings. The number of carbonyl (C=O) groups is 1. The van der Waals surface area contributed by atoms with Gasteiger partial charge in [0.05, 0.1) is 25.2 Å². The second-order valence-electron chi connectivity index (χ2n) is 6.09. The Morgan fingerprint density at radius 2 is 2.00 bits per heavy atom. The summed E-state index contributed by atoms with van der Waals surface area (Å²) >= 11 is 0. The molecule has 4 heteroatoms. The van der Waals surface area contributed by atoms with Crippen LogP contribution in [0.15, 0.2) is 24.3 Å². The van der Waals surface area contributed by atoms with Crippen molar-refractivity contribution in [2.75, 3.05) is 6.61 Å². The van der Waals surface area contributed by atoms with Crippen LogP contribution < -0.4 is 5.32 Å². The molecule has 114 valence electrons. The fourth-order valence-electron chi connectivity index (χ4n) is 3.32. The number of benzene rings is 1. The van der Waals surface area contributed by atoms with Crippen LogP contribution in [-0.2, 0) is 16.0 Å². The van der Waals surface area contributed by atoms with E-state index in [0.717, 1.165) is 37.7 Å². The Hall–Kier alpha value is -1.39. The molecular weight excluding hydrogens is 266 g/mol. The number of aliphatic hydroxyl groups excluding tert-OH is 1. The molecular formula is C17H23NO3. The van der Waals surface area contributed by atoms with Crippen LogP contribution in [0.1, 0.15) is 49.3 Å². The lowest BCUT2D eigenvalue weighted by atomic mass is 9.92. The third-order valence-electron chi connectivity index (χ3n) is 4.53. The maximum absolute atomic E-state index is 12.2. The highest BCUT2D eigenvalue weighted by Gasteiger charge is 2.25. The van der Waals surface area contributed by atoms with Gasteiger partial charge in [-0.15, -0.1) is 0 Å². The van der Waals surface area contributed by atoms with Crippen molar-refractivity contribution in [2.45, 2.75) is 56.8 Å². The lowest BCUT2D eigenvalue weighted by Crippen LogP contribution is -2.39. The second-order valence-corrected chi connectivity index (χ2v) is 6.09. The monoisotopic (exact) mass is 289 g/mol. The van der Waals surface area contributed by atoms with Crippen molar-refractivity contribution < 1.29 is 14.6 Å². The number of carbonyl (C=O) groups excluding carboxylic acids is 1. The van der Waals surface area contributed by atoms with E-state index in [1.165, 1.54) is 5.56 Å².